The maximum absolute atomic E-state index is 12.6. The summed E-state index contributed by atoms with van der Waals surface area (Å²) in [7, 11) is 1.70. The molecular weight excluding hydrogens is 354 g/mol. The van der Waals surface area contributed by atoms with Crippen LogP contribution in [0.3, 0.4) is 0 Å². The number of hydrogen-bond donors (Lipinski definition) is 1. The van der Waals surface area contributed by atoms with E-state index in [9.17, 15) is 14.7 Å². The molecule has 0 saturated heterocycles. The number of carboxylic acid groups (broad SMARTS) is 1. The molecule has 0 aliphatic carbocycles. The van der Waals surface area contributed by atoms with Crippen LogP contribution in [0.5, 0.6) is 0 Å². The second-order valence-electron chi connectivity index (χ2n) is 5.94. The lowest BCUT2D eigenvalue weighted by atomic mass is 10.1. The molecule has 1 aromatic heterocycles. The number of benzene rings is 1. The van der Waals surface area contributed by atoms with Gasteiger partial charge < -0.3 is 10.0 Å². The van der Waals surface area contributed by atoms with Crippen LogP contribution in [0.1, 0.15) is 18.1 Å². The molecule has 1 N–H and O–H groups in total. The van der Waals surface area contributed by atoms with E-state index < -0.39 is 12.1 Å². The standard InChI is InChI=1S/C19H23N3O3.ClH/c1-15(22(19(24)25)14-17-8-11-20-12-9-17)18(23)21(2)13-10-16-6-4-3-5-7-16;/h3-9,11-12,15H,10,13-14H2,1-2H3,(H,24,25);1H/t15-;/m0./s1. The van der Waals surface area contributed by atoms with Gasteiger partial charge in [0, 0.05) is 32.5 Å². The highest BCUT2D eigenvalue weighted by Crippen LogP contribution is 2.11. The minimum atomic E-state index is -1.12. The Labute approximate surface area is 159 Å². The van der Waals surface area contributed by atoms with E-state index in [1.54, 1.807) is 43.4 Å². The molecule has 0 aliphatic rings. The summed E-state index contributed by atoms with van der Waals surface area (Å²) in [5.41, 5.74) is 1.94. The monoisotopic (exact) mass is 377 g/mol. The van der Waals surface area contributed by atoms with E-state index in [2.05, 4.69) is 4.98 Å². The predicted octanol–water partition coefficient (Wildman–Crippen LogP) is 3.07. The Morgan fingerprint density at radius 2 is 1.69 bits per heavy atom. The first-order valence-corrected chi connectivity index (χ1v) is 8.16. The van der Waals surface area contributed by atoms with Gasteiger partial charge in [-0.15, -0.1) is 12.4 Å². The minimum absolute atomic E-state index is 0. The van der Waals surface area contributed by atoms with Crippen LogP contribution in [-0.2, 0) is 17.8 Å². The van der Waals surface area contributed by atoms with Crippen molar-refractivity contribution in [3.05, 3.63) is 66.0 Å². The summed E-state index contributed by atoms with van der Waals surface area (Å²) in [6, 6.07) is 12.6. The van der Waals surface area contributed by atoms with Crippen molar-refractivity contribution in [3.63, 3.8) is 0 Å². The number of carbonyl (C=O) groups is 2. The fourth-order valence-electron chi connectivity index (χ4n) is 2.56. The molecule has 2 rings (SSSR count). The van der Waals surface area contributed by atoms with Crippen molar-refractivity contribution in [1.29, 1.82) is 0 Å². The van der Waals surface area contributed by atoms with Crippen molar-refractivity contribution in [2.24, 2.45) is 0 Å². The molecule has 1 atom stereocenters. The van der Waals surface area contributed by atoms with Gasteiger partial charge in [0.25, 0.3) is 0 Å². The minimum Gasteiger partial charge on any atom is -0.465 e. The number of rotatable bonds is 7. The Morgan fingerprint density at radius 3 is 2.27 bits per heavy atom. The second-order valence-corrected chi connectivity index (χ2v) is 5.94. The number of amides is 2. The third kappa shape index (κ3) is 6.04. The third-order valence-corrected chi connectivity index (χ3v) is 4.13. The molecule has 1 heterocycles. The number of nitrogens with zero attached hydrogens (tertiary/aromatic N) is 3. The number of hydrogen-bond acceptors (Lipinski definition) is 3. The lowest BCUT2D eigenvalue weighted by Gasteiger charge is -2.29. The lowest BCUT2D eigenvalue weighted by molar-refractivity contribution is -0.134. The molecule has 7 heteroatoms. The van der Waals surface area contributed by atoms with Crippen molar-refractivity contribution in [3.8, 4) is 0 Å². The largest absolute Gasteiger partial charge is 0.465 e. The highest BCUT2D eigenvalue weighted by molar-refractivity contribution is 5.85. The normalized spacial score (nSPS) is 11.2. The summed E-state index contributed by atoms with van der Waals surface area (Å²) in [5, 5.41) is 9.48. The summed E-state index contributed by atoms with van der Waals surface area (Å²) in [6.07, 6.45) is 2.82. The zero-order chi connectivity index (χ0) is 18.2. The van der Waals surface area contributed by atoms with E-state index in [-0.39, 0.29) is 24.9 Å². The summed E-state index contributed by atoms with van der Waals surface area (Å²) in [6.45, 7) is 2.31. The average molecular weight is 378 g/mol. The molecule has 0 radical (unpaired) electrons. The Hall–Kier alpha value is -2.60. The molecule has 26 heavy (non-hydrogen) atoms. The van der Waals surface area contributed by atoms with Crippen LogP contribution in [0.15, 0.2) is 54.9 Å². The average Bonchev–Trinajstić information content (AvgIpc) is 2.64. The summed E-state index contributed by atoms with van der Waals surface area (Å²) >= 11 is 0. The molecule has 0 unspecified atom stereocenters. The van der Waals surface area contributed by atoms with Gasteiger partial charge in [-0.1, -0.05) is 30.3 Å². The fourth-order valence-corrected chi connectivity index (χ4v) is 2.56. The molecule has 6 nitrogen and oxygen atoms in total. The first-order chi connectivity index (χ1) is 12.0. The zero-order valence-corrected chi connectivity index (χ0v) is 15.7. The van der Waals surface area contributed by atoms with Crippen LogP contribution in [0.25, 0.3) is 0 Å². The number of pyridine rings is 1. The Morgan fingerprint density at radius 1 is 1.08 bits per heavy atom. The molecule has 0 fully saturated rings. The summed E-state index contributed by atoms with van der Waals surface area (Å²) < 4.78 is 0. The molecular formula is C19H24ClN3O3. The molecule has 1 aromatic carbocycles. The topological polar surface area (TPSA) is 73.7 Å². The SMILES string of the molecule is C[C@@H](C(=O)N(C)CCc1ccccc1)N(Cc1ccncc1)C(=O)O.Cl. The van der Waals surface area contributed by atoms with E-state index in [0.717, 1.165) is 22.4 Å². The van der Waals surface area contributed by atoms with Crippen LogP contribution < -0.4 is 0 Å². The van der Waals surface area contributed by atoms with E-state index in [0.29, 0.717) is 6.54 Å². The van der Waals surface area contributed by atoms with E-state index in [1.165, 1.54) is 0 Å². The van der Waals surface area contributed by atoms with Gasteiger partial charge in [-0.25, -0.2) is 4.79 Å². The van der Waals surface area contributed by atoms with Gasteiger partial charge in [-0.05, 0) is 36.6 Å². The molecule has 140 valence electrons. The number of carbonyl (C=O) groups excluding carboxylic acids is 1. The van der Waals surface area contributed by atoms with Crippen LogP contribution in [0, 0.1) is 0 Å². The van der Waals surface area contributed by atoms with Gasteiger partial charge in [-0.2, -0.15) is 0 Å². The number of likely N-dealkylation sites (N-methyl/N-ethyl adjacent to an activating group) is 1. The Kier molecular flexibility index (Phi) is 8.58. The Bertz CT molecular complexity index is 698. The third-order valence-electron chi connectivity index (χ3n) is 4.13. The first kappa shape index (κ1) is 21.4. The lowest BCUT2D eigenvalue weighted by Crippen LogP contribution is -2.48. The predicted molar refractivity (Wildman–Crippen MR) is 102 cm³/mol. The Balaban J connectivity index is 0.00000338. The maximum Gasteiger partial charge on any atom is 0.408 e. The second kappa shape index (κ2) is 10.4. The van der Waals surface area contributed by atoms with Gasteiger partial charge in [0.1, 0.15) is 6.04 Å². The van der Waals surface area contributed by atoms with Crippen molar-refractivity contribution in [2.75, 3.05) is 13.6 Å². The van der Waals surface area contributed by atoms with Gasteiger partial charge in [-0.3, -0.25) is 14.7 Å². The molecule has 0 spiro atoms. The highest BCUT2D eigenvalue weighted by atomic mass is 35.5. The number of aromatic nitrogens is 1. The highest BCUT2D eigenvalue weighted by Gasteiger charge is 2.27. The fraction of sp³-hybridized carbons (Fsp3) is 0.316. The number of halogens is 1. The quantitative estimate of drug-likeness (QED) is 0.804. The van der Waals surface area contributed by atoms with Crippen molar-refractivity contribution < 1.29 is 14.7 Å². The summed E-state index contributed by atoms with van der Waals surface area (Å²) in [4.78, 5) is 30.9. The van der Waals surface area contributed by atoms with Crippen molar-refractivity contribution in [1.82, 2.24) is 14.8 Å². The first-order valence-electron chi connectivity index (χ1n) is 8.16. The molecule has 0 bridgehead atoms. The van der Waals surface area contributed by atoms with E-state index >= 15 is 0 Å². The molecule has 2 aromatic rings. The smallest absolute Gasteiger partial charge is 0.408 e. The van der Waals surface area contributed by atoms with Crippen molar-refractivity contribution in [2.45, 2.75) is 25.9 Å². The molecule has 2 amide bonds. The maximum atomic E-state index is 12.6. The van der Waals surface area contributed by atoms with E-state index in [1.807, 2.05) is 30.3 Å². The molecule has 0 saturated carbocycles. The van der Waals surface area contributed by atoms with Crippen LogP contribution in [-0.4, -0.2) is 51.5 Å². The van der Waals surface area contributed by atoms with E-state index in [4.69, 9.17) is 0 Å². The van der Waals surface area contributed by atoms with Crippen LogP contribution in [0.2, 0.25) is 0 Å². The van der Waals surface area contributed by atoms with Gasteiger partial charge >= 0.3 is 6.09 Å². The zero-order valence-electron chi connectivity index (χ0n) is 14.9. The van der Waals surface area contributed by atoms with Crippen molar-refractivity contribution >= 4 is 24.4 Å². The van der Waals surface area contributed by atoms with Crippen LogP contribution in [0.4, 0.5) is 4.79 Å². The van der Waals surface area contributed by atoms with Crippen LogP contribution >= 0.6 is 12.4 Å². The van der Waals surface area contributed by atoms with Gasteiger partial charge in [0.15, 0.2) is 0 Å². The van der Waals surface area contributed by atoms with Gasteiger partial charge in [0.2, 0.25) is 5.91 Å². The summed E-state index contributed by atoms with van der Waals surface area (Å²) in [5.74, 6) is -0.215. The molecule has 0 aliphatic heterocycles. The van der Waals surface area contributed by atoms with Gasteiger partial charge in [0.05, 0.1) is 0 Å².